The van der Waals surface area contributed by atoms with Crippen LogP contribution in [0.15, 0.2) is 12.7 Å². The van der Waals surface area contributed by atoms with E-state index in [1.54, 1.807) is 0 Å². The summed E-state index contributed by atoms with van der Waals surface area (Å²) in [6.45, 7) is 3.06. The van der Waals surface area contributed by atoms with E-state index in [0.717, 1.165) is 6.08 Å². The summed E-state index contributed by atoms with van der Waals surface area (Å²) < 4.78 is 0. The number of amides is 2. The number of nitrogens with one attached hydrogen (secondary N) is 1. The zero-order chi connectivity index (χ0) is 10.1. The number of carbonyl (C=O) groups is 3. The van der Waals surface area contributed by atoms with E-state index in [1.165, 1.54) is 5.48 Å². The first-order valence-electron chi connectivity index (χ1n) is 2.55. The van der Waals surface area contributed by atoms with Gasteiger partial charge in [0, 0.05) is 0 Å². The van der Waals surface area contributed by atoms with Crippen molar-refractivity contribution in [1.29, 1.82) is 0 Å². The number of hydroxylamine groups is 1. The molecule has 68 valence electrons. The molecular formula is C5H8N2O5. The largest absolute Gasteiger partial charge is 0.474 e. The third kappa shape index (κ3) is 11.0. The first-order chi connectivity index (χ1) is 5.45. The lowest BCUT2D eigenvalue weighted by Crippen LogP contribution is -2.21. The second kappa shape index (κ2) is 7.22. The zero-order valence-electron chi connectivity index (χ0n) is 5.98. The van der Waals surface area contributed by atoms with Crippen LogP contribution < -0.4 is 11.2 Å². The summed E-state index contributed by atoms with van der Waals surface area (Å²) in [6, 6.07) is 0. The van der Waals surface area contributed by atoms with Crippen LogP contribution in [0.4, 0.5) is 0 Å². The summed E-state index contributed by atoms with van der Waals surface area (Å²) in [5.41, 5.74) is 5.55. The molecule has 5 N–H and O–H groups in total. The van der Waals surface area contributed by atoms with Crippen molar-refractivity contribution in [2.45, 2.75) is 0 Å². The molecular weight excluding hydrogens is 168 g/mol. The number of rotatable bonds is 1. The number of carboxylic acids is 1. The van der Waals surface area contributed by atoms with Gasteiger partial charge in [0.1, 0.15) is 0 Å². The van der Waals surface area contributed by atoms with Crippen LogP contribution in [0, 0.1) is 0 Å². The lowest BCUT2D eigenvalue weighted by molar-refractivity contribution is -0.148. The number of carbonyl (C=O) groups excluding carboxylic acids is 2. The van der Waals surface area contributed by atoms with Crippen LogP contribution in [0.2, 0.25) is 0 Å². The molecule has 0 saturated carbocycles. The quantitative estimate of drug-likeness (QED) is 0.162. The summed E-state index contributed by atoms with van der Waals surface area (Å²) in [5.74, 6) is -3.51. The average molecular weight is 176 g/mol. The molecule has 0 aliphatic carbocycles. The number of hydrogen-bond acceptors (Lipinski definition) is 4. The van der Waals surface area contributed by atoms with E-state index >= 15 is 0 Å². The molecule has 0 heterocycles. The van der Waals surface area contributed by atoms with Gasteiger partial charge in [-0.2, -0.15) is 0 Å². The van der Waals surface area contributed by atoms with Gasteiger partial charge in [0.15, 0.2) is 0 Å². The summed E-state index contributed by atoms with van der Waals surface area (Å²) >= 11 is 0. The van der Waals surface area contributed by atoms with E-state index in [1.807, 2.05) is 0 Å². The van der Waals surface area contributed by atoms with Gasteiger partial charge in [0.25, 0.3) is 5.91 Å². The fourth-order valence-electron chi connectivity index (χ4n) is 0.0456. The van der Waals surface area contributed by atoms with Crippen LogP contribution in [-0.4, -0.2) is 28.1 Å². The zero-order valence-corrected chi connectivity index (χ0v) is 5.98. The van der Waals surface area contributed by atoms with Gasteiger partial charge in [-0.3, -0.25) is 14.8 Å². The molecule has 0 rings (SSSR count). The van der Waals surface area contributed by atoms with Gasteiger partial charge in [0.05, 0.1) is 0 Å². The molecule has 0 fully saturated rings. The molecule has 0 aliphatic rings. The molecule has 7 nitrogen and oxygen atoms in total. The Morgan fingerprint density at radius 2 is 1.75 bits per heavy atom. The van der Waals surface area contributed by atoms with Gasteiger partial charge in [-0.05, 0) is 6.08 Å². The van der Waals surface area contributed by atoms with Crippen molar-refractivity contribution in [1.82, 2.24) is 5.48 Å². The third-order valence-electron chi connectivity index (χ3n) is 0.506. The van der Waals surface area contributed by atoms with Crippen molar-refractivity contribution in [3.05, 3.63) is 12.7 Å². The van der Waals surface area contributed by atoms with Gasteiger partial charge in [-0.1, -0.05) is 6.58 Å². The topological polar surface area (TPSA) is 130 Å². The lowest BCUT2D eigenvalue weighted by Gasteiger charge is -1.81. The Hall–Kier alpha value is -1.89. The second-order valence-corrected chi connectivity index (χ2v) is 1.35. The van der Waals surface area contributed by atoms with Crippen molar-refractivity contribution in [3.8, 4) is 0 Å². The fourth-order valence-corrected chi connectivity index (χ4v) is 0.0456. The molecule has 0 aromatic carbocycles. The minimum atomic E-state index is -1.60. The van der Waals surface area contributed by atoms with Crippen LogP contribution in [-0.2, 0) is 14.4 Å². The highest BCUT2D eigenvalue weighted by Crippen LogP contribution is 1.56. The highest BCUT2D eigenvalue weighted by Gasteiger charge is 2.00. The van der Waals surface area contributed by atoms with Crippen molar-refractivity contribution in [2.24, 2.45) is 5.73 Å². The maximum absolute atomic E-state index is 9.70. The monoisotopic (exact) mass is 176 g/mol. The second-order valence-electron chi connectivity index (χ2n) is 1.35. The number of nitrogens with two attached hydrogens (primary N) is 1. The first-order valence-corrected chi connectivity index (χ1v) is 2.55. The Bertz CT molecular complexity index is 185. The lowest BCUT2D eigenvalue weighted by atomic mass is 10.6. The molecule has 7 heteroatoms. The SMILES string of the molecule is C=CC(=O)NO.NC(=O)C(=O)O. The highest BCUT2D eigenvalue weighted by molar-refractivity contribution is 6.30. The normalized spacial score (nSPS) is 7.08. The van der Waals surface area contributed by atoms with Crippen molar-refractivity contribution < 1.29 is 24.7 Å². The summed E-state index contributed by atoms with van der Waals surface area (Å²) in [5, 5.41) is 15.2. The number of hydrogen-bond donors (Lipinski definition) is 4. The van der Waals surface area contributed by atoms with Crippen LogP contribution >= 0.6 is 0 Å². The molecule has 0 aromatic heterocycles. The third-order valence-corrected chi connectivity index (χ3v) is 0.506. The van der Waals surface area contributed by atoms with E-state index in [9.17, 15) is 14.4 Å². The van der Waals surface area contributed by atoms with Crippen LogP contribution in [0.3, 0.4) is 0 Å². The summed E-state index contributed by atoms with van der Waals surface area (Å²) in [6.07, 6.45) is 0.972. The number of carboxylic acid groups (broad SMARTS) is 1. The van der Waals surface area contributed by atoms with Gasteiger partial charge in [-0.25, -0.2) is 10.3 Å². The smallest absolute Gasteiger partial charge is 0.394 e. The van der Waals surface area contributed by atoms with Crippen molar-refractivity contribution >= 4 is 17.8 Å². The number of aliphatic carboxylic acids is 1. The molecule has 0 aliphatic heterocycles. The Labute approximate surface area is 67.4 Å². The van der Waals surface area contributed by atoms with E-state index in [2.05, 4.69) is 12.3 Å². The van der Waals surface area contributed by atoms with Crippen molar-refractivity contribution in [3.63, 3.8) is 0 Å². The predicted molar refractivity (Wildman–Crippen MR) is 37.0 cm³/mol. The molecule has 0 unspecified atom stereocenters. The van der Waals surface area contributed by atoms with Crippen molar-refractivity contribution in [2.75, 3.05) is 0 Å². The minimum Gasteiger partial charge on any atom is -0.474 e. The van der Waals surface area contributed by atoms with E-state index in [4.69, 9.17) is 10.3 Å². The first kappa shape index (κ1) is 12.8. The predicted octanol–water partition coefficient (Wildman–Crippen LogP) is -1.77. The van der Waals surface area contributed by atoms with Gasteiger partial charge >= 0.3 is 11.9 Å². The molecule has 0 aromatic rings. The molecule has 0 saturated heterocycles. The van der Waals surface area contributed by atoms with E-state index in [-0.39, 0.29) is 0 Å². The van der Waals surface area contributed by atoms with Gasteiger partial charge in [0.2, 0.25) is 0 Å². The van der Waals surface area contributed by atoms with E-state index in [0.29, 0.717) is 0 Å². The molecule has 0 atom stereocenters. The molecule has 0 spiro atoms. The van der Waals surface area contributed by atoms with Crippen LogP contribution in [0.5, 0.6) is 0 Å². The summed E-state index contributed by atoms with van der Waals surface area (Å²) in [7, 11) is 0. The standard InChI is InChI=1S/C3H5NO2.C2H3NO3/c1-2-3(5)4-6;3-1(4)2(5)6/h2,6H,1H2,(H,4,5);(H2,3,4)(H,5,6). The van der Waals surface area contributed by atoms with Gasteiger partial charge < -0.3 is 10.8 Å². The summed E-state index contributed by atoms with van der Waals surface area (Å²) in [4.78, 5) is 28.2. The maximum atomic E-state index is 9.70. The minimum absolute atomic E-state index is 0.588. The van der Waals surface area contributed by atoms with Crippen LogP contribution in [0.1, 0.15) is 0 Å². The molecule has 2 amide bonds. The maximum Gasteiger partial charge on any atom is 0.394 e. The van der Waals surface area contributed by atoms with Crippen LogP contribution in [0.25, 0.3) is 0 Å². The highest BCUT2D eigenvalue weighted by atomic mass is 16.5. The Balaban J connectivity index is 0. The fraction of sp³-hybridized carbons (Fsp3) is 0. The van der Waals surface area contributed by atoms with Gasteiger partial charge in [-0.15, -0.1) is 0 Å². The van der Waals surface area contributed by atoms with E-state index < -0.39 is 17.8 Å². The average Bonchev–Trinajstić information content (AvgIpc) is 2.04. The Kier molecular flexibility index (Phi) is 7.68. The Morgan fingerprint density at radius 3 is 1.75 bits per heavy atom. The number of primary amides is 1. The molecule has 0 bridgehead atoms. The Morgan fingerprint density at radius 1 is 1.42 bits per heavy atom. The molecule has 0 radical (unpaired) electrons. The molecule has 12 heavy (non-hydrogen) atoms.